The van der Waals surface area contributed by atoms with Crippen molar-refractivity contribution >= 4 is 16.5 Å². The van der Waals surface area contributed by atoms with Gasteiger partial charge in [-0.2, -0.15) is 10.5 Å². The van der Waals surface area contributed by atoms with E-state index in [1.165, 1.54) is 0 Å². The average molecular weight is 698 g/mol. The third-order valence-electron chi connectivity index (χ3n) is 9.22. The number of hydrogen-bond acceptors (Lipinski definition) is 6. The SMILES string of the molecule is C/C=C\C(=C/C)c1nc(-c2ccccc2)nc(-c2cccc(-c3ccccoc4c(-c5ccc(C#N)cc5)cc(-c5ccc(C#N)cc5)cc4c3C)c2)n1. The van der Waals surface area contributed by atoms with E-state index in [0.717, 1.165) is 61.0 Å². The van der Waals surface area contributed by atoms with Gasteiger partial charge in [0, 0.05) is 27.6 Å². The third-order valence-corrected chi connectivity index (χ3v) is 9.22. The van der Waals surface area contributed by atoms with E-state index in [2.05, 4.69) is 49.4 Å². The van der Waals surface area contributed by atoms with Crippen molar-refractivity contribution in [3.05, 3.63) is 180 Å². The Bertz CT molecular complexity index is 2690. The lowest BCUT2D eigenvalue weighted by Gasteiger charge is -2.13. The molecule has 0 aliphatic rings. The Balaban J connectivity index is 1.46. The van der Waals surface area contributed by atoms with Crippen molar-refractivity contribution in [1.29, 1.82) is 10.5 Å². The van der Waals surface area contributed by atoms with Gasteiger partial charge in [-0.1, -0.05) is 103 Å². The molecule has 0 spiro atoms. The van der Waals surface area contributed by atoms with Gasteiger partial charge in [-0.15, -0.1) is 0 Å². The molecule has 0 bridgehead atoms. The molecule has 7 rings (SSSR count). The molecule has 0 fully saturated rings. The van der Waals surface area contributed by atoms with Gasteiger partial charge in [0.05, 0.1) is 29.5 Å². The van der Waals surface area contributed by atoms with Gasteiger partial charge in [0.15, 0.2) is 17.5 Å². The predicted octanol–water partition coefficient (Wildman–Crippen LogP) is 12.1. The van der Waals surface area contributed by atoms with E-state index in [9.17, 15) is 10.5 Å². The zero-order valence-corrected chi connectivity index (χ0v) is 30.2. The van der Waals surface area contributed by atoms with Crippen LogP contribution in [0.4, 0.5) is 0 Å². The van der Waals surface area contributed by atoms with Crippen molar-refractivity contribution in [2.45, 2.75) is 20.8 Å². The predicted molar refractivity (Wildman–Crippen MR) is 217 cm³/mol. The number of hydrogen-bond donors (Lipinski definition) is 0. The summed E-state index contributed by atoms with van der Waals surface area (Å²) in [5.41, 5.74) is 11.2. The fraction of sp³-hybridized carbons (Fsp3) is 0.0625. The van der Waals surface area contributed by atoms with Crippen LogP contribution in [0.1, 0.15) is 36.4 Å². The highest BCUT2D eigenvalue weighted by molar-refractivity contribution is 5.99. The molecule has 258 valence electrons. The number of nitriles is 2. The summed E-state index contributed by atoms with van der Waals surface area (Å²) in [6.07, 6.45) is 7.69. The molecule has 0 amide bonds. The Kier molecular flexibility index (Phi) is 10.3. The maximum absolute atomic E-state index is 9.49. The van der Waals surface area contributed by atoms with Crippen LogP contribution >= 0.6 is 0 Å². The minimum absolute atomic E-state index is 0.574. The fourth-order valence-corrected chi connectivity index (χ4v) is 6.42. The molecule has 6 nitrogen and oxygen atoms in total. The molecule has 7 aromatic rings. The first-order valence-electron chi connectivity index (χ1n) is 17.6. The van der Waals surface area contributed by atoms with Crippen LogP contribution in [0.25, 0.3) is 72.7 Å². The average Bonchev–Trinajstić information content (AvgIpc) is 3.31. The molecular formula is C48H35N5O. The second-order valence-corrected chi connectivity index (χ2v) is 12.6. The van der Waals surface area contributed by atoms with E-state index in [4.69, 9.17) is 19.4 Å². The molecule has 5 aromatic carbocycles. The minimum Gasteiger partial charge on any atom is -0.464 e. The molecule has 0 radical (unpaired) electrons. The molecule has 0 atom stereocenters. The lowest BCUT2D eigenvalue weighted by molar-refractivity contribution is 0.607. The molecule has 2 heterocycles. The van der Waals surface area contributed by atoms with Crippen molar-refractivity contribution in [2.75, 3.05) is 0 Å². The first-order valence-corrected chi connectivity index (χ1v) is 17.6. The number of fused-ring (bicyclic) bond motifs is 1. The van der Waals surface area contributed by atoms with Gasteiger partial charge in [-0.05, 0) is 103 Å². The molecule has 0 saturated carbocycles. The van der Waals surface area contributed by atoms with Crippen molar-refractivity contribution in [2.24, 2.45) is 0 Å². The number of rotatable bonds is 7. The highest BCUT2D eigenvalue weighted by Crippen LogP contribution is 2.38. The number of benzene rings is 5. The molecule has 0 unspecified atom stereocenters. The first kappa shape index (κ1) is 35.0. The van der Waals surface area contributed by atoms with Crippen LogP contribution in [-0.2, 0) is 0 Å². The highest BCUT2D eigenvalue weighted by atomic mass is 16.3. The van der Waals surface area contributed by atoms with Crippen LogP contribution in [0.15, 0.2) is 162 Å². The summed E-state index contributed by atoms with van der Waals surface area (Å²) in [4.78, 5) is 14.8. The summed E-state index contributed by atoms with van der Waals surface area (Å²) in [6.45, 7) is 6.07. The summed E-state index contributed by atoms with van der Waals surface area (Å²) >= 11 is 0. The Morgan fingerprint density at radius 2 is 1.20 bits per heavy atom. The van der Waals surface area contributed by atoms with Crippen LogP contribution in [0.5, 0.6) is 0 Å². The number of aromatic nitrogens is 3. The number of nitrogens with zero attached hydrogens (tertiary/aromatic N) is 5. The van der Waals surface area contributed by atoms with Gasteiger partial charge < -0.3 is 4.42 Å². The molecule has 6 heteroatoms. The largest absolute Gasteiger partial charge is 0.464 e. The van der Waals surface area contributed by atoms with Crippen LogP contribution in [-0.4, -0.2) is 15.0 Å². The van der Waals surface area contributed by atoms with E-state index >= 15 is 0 Å². The second kappa shape index (κ2) is 15.9. The zero-order chi connectivity index (χ0) is 37.4. The Hall–Kier alpha value is -7.41. The maximum Gasteiger partial charge on any atom is 0.164 e. The second-order valence-electron chi connectivity index (χ2n) is 12.6. The minimum atomic E-state index is 0.574. The molecule has 0 N–H and O–H groups in total. The molecule has 0 saturated heterocycles. The van der Waals surface area contributed by atoms with Gasteiger partial charge in [0.2, 0.25) is 0 Å². The molecule has 2 aromatic heterocycles. The molecule has 0 aliphatic carbocycles. The van der Waals surface area contributed by atoms with E-state index in [-0.39, 0.29) is 0 Å². The van der Waals surface area contributed by atoms with Crippen molar-refractivity contribution in [3.63, 3.8) is 0 Å². The number of aryl methyl sites for hydroxylation is 1. The highest BCUT2D eigenvalue weighted by Gasteiger charge is 2.16. The Morgan fingerprint density at radius 3 is 1.87 bits per heavy atom. The summed E-state index contributed by atoms with van der Waals surface area (Å²) in [5.74, 6) is 1.78. The van der Waals surface area contributed by atoms with E-state index in [1.807, 2.05) is 135 Å². The van der Waals surface area contributed by atoms with Crippen molar-refractivity contribution in [3.8, 4) is 68.3 Å². The summed E-state index contributed by atoms with van der Waals surface area (Å²) in [6, 6.07) is 48.0. The summed E-state index contributed by atoms with van der Waals surface area (Å²) < 4.78 is 6.44. The van der Waals surface area contributed by atoms with Crippen LogP contribution in [0, 0.1) is 29.6 Å². The third kappa shape index (κ3) is 7.32. The van der Waals surface area contributed by atoms with Gasteiger partial charge in [-0.25, -0.2) is 15.0 Å². The number of allylic oxidation sites excluding steroid dienone is 4. The molecular weight excluding hydrogens is 663 g/mol. The van der Waals surface area contributed by atoms with Crippen LogP contribution in [0.2, 0.25) is 0 Å². The quantitative estimate of drug-likeness (QED) is 0.154. The van der Waals surface area contributed by atoms with Crippen LogP contribution < -0.4 is 0 Å². The molecule has 54 heavy (non-hydrogen) atoms. The monoisotopic (exact) mass is 697 g/mol. The topological polar surface area (TPSA) is 99.4 Å². The Labute approximate surface area is 315 Å². The van der Waals surface area contributed by atoms with Gasteiger partial charge in [0.25, 0.3) is 0 Å². The van der Waals surface area contributed by atoms with E-state index in [0.29, 0.717) is 34.2 Å². The van der Waals surface area contributed by atoms with Gasteiger partial charge in [-0.3, -0.25) is 0 Å². The first-order chi connectivity index (χ1) is 26.5. The van der Waals surface area contributed by atoms with E-state index < -0.39 is 0 Å². The lowest BCUT2D eigenvalue weighted by atomic mass is 9.92. The zero-order valence-electron chi connectivity index (χ0n) is 30.2. The maximum atomic E-state index is 9.49. The Morgan fingerprint density at radius 1 is 0.574 bits per heavy atom. The standard InChI is InChI=1S/C48H35N5O/c1-4-12-35(5-2)46-51-47(38-13-7-6-8-14-38)53-48(52-46)40-16-11-15-39(27-40)42-17-9-10-26-54-45-43(32(42)3)28-41(36-22-18-33(30-49)19-23-36)29-44(45)37-24-20-34(31-50)21-25-37/h4-29H,1-3H3/b12-4-,17-9?,26-10?,35-5+,42-32?. The van der Waals surface area contributed by atoms with Gasteiger partial charge >= 0.3 is 0 Å². The van der Waals surface area contributed by atoms with Crippen LogP contribution in [0.3, 0.4) is 0 Å². The summed E-state index contributed by atoms with van der Waals surface area (Å²) in [5, 5.41) is 19.9. The normalized spacial score (nSPS) is 11.2. The fourth-order valence-electron chi connectivity index (χ4n) is 6.42. The van der Waals surface area contributed by atoms with Gasteiger partial charge in [0.1, 0.15) is 5.58 Å². The van der Waals surface area contributed by atoms with Crippen molar-refractivity contribution in [1.82, 2.24) is 15.0 Å². The lowest BCUT2D eigenvalue weighted by Crippen LogP contribution is -2.02. The summed E-state index contributed by atoms with van der Waals surface area (Å²) in [7, 11) is 0. The smallest absolute Gasteiger partial charge is 0.164 e. The molecule has 0 aliphatic heterocycles. The van der Waals surface area contributed by atoms with Crippen molar-refractivity contribution < 1.29 is 4.42 Å². The van der Waals surface area contributed by atoms with E-state index in [1.54, 1.807) is 6.26 Å².